The second kappa shape index (κ2) is 4.85. The van der Waals surface area contributed by atoms with Crippen LogP contribution in [0.4, 0.5) is 4.79 Å². The summed E-state index contributed by atoms with van der Waals surface area (Å²) in [6, 6.07) is 9.76. The minimum Gasteiger partial charge on any atom is -0.438 e. The number of amides is 1. The molecular weight excluding hydrogens is 242 g/mol. The van der Waals surface area contributed by atoms with Crippen molar-refractivity contribution in [2.75, 3.05) is 6.54 Å². The second-order valence-corrected chi connectivity index (χ2v) is 5.43. The lowest BCUT2D eigenvalue weighted by Crippen LogP contribution is -2.56. The van der Waals surface area contributed by atoms with E-state index in [1.807, 2.05) is 37.3 Å². The molecule has 1 saturated heterocycles. The SMILES string of the molecule is CCCN1C(=O)OC(C)(Cc2ccccc2)C1(C)O. The molecule has 0 saturated carbocycles. The van der Waals surface area contributed by atoms with Crippen molar-refractivity contribution in [1.29, 1.82) is 0 Å². The van der Waals surface area contributed by atoms with Gasteiger partial charge in [0, 0.05) is 13.0 Å². The molecular formula is C15H21NO3. The van der Waals surface area contributed by atoms with Crippen LogP contribution < -0.4 is 0 Å². The third kappa shape index (κ3) is 2.32. The van der Waals surface area contributed by atoms with Crippen LogP contribution in [-0.2, 0) is 11.2 Å². The van der Waals surface area contributed by atoms with Gasteiger partial charge in [-0.05, 0) is 25.8 Å². The number of cyclic esters (lactones) is 1. The molecule has 104 valence electrons. The summed E-state index contributed by atoms with van der Waals surface area (Å²) in [5.74, 6) is 0. The van der Waals surface area contributed by atoms with Crippen LogP contribution in [0.5, 0.6) is 0 Å². The Kier molecular flexibility index (Phi) is 3.54. The Hall–Kier alpha value is -1.55. The molecule has 1 aliphatic rings. The molecule has 0 spiro atoms. The van der Waals surface area contributed by atoms with Crippen molar-refractivity contribution in [3.8, 4) is 0 Å². The lowest BCUT2D eigenvalue weighted by molar-refractivity contribution is -0.135. The van der Waals surface area contributed by atoms with Gasteiger partial charge in [-0.1, -0.05) is 37.3 Å². The Morgan fingerprint density at radius 2 is 1.89 bits per heavy atom. The van der Waals surface area contributed by atoms with Crippen LogP contribution in [-0.4, -0.2) is 34.0 Å². The van der Waals surface area contributed by atoms with Crippen LogP contribution in [0, 0.1) is 0 Å². The predicted molar refractivity (Wildman–Crippen MR) is 72.7 cm³/mol. The van der Waals surface area contributed by atoms with Crippen molar-refractivity contribution in [1.82, 2.24) is 4.90 Å². The number of nitrogens with zero attached hydrogens (tertiary/aromatic N) is 1. The Morgan fingerprint density at radius 3 is 2.47 bits per heavy atom. The van der Waals surface area contributed by atoms with E-state index in [2.05, 4.69) is 0 Å². The van der Waals surface area contributed by atoms with Gasteiger partial charge in [0.15, 0.2) is 11.3 Å². The number of hydrogen-bond acceptors (Lipinski definition) is 3. The molecule has 1 fully saturated rings. The Labute approximate surface area is 114 Å². The van der Waals surface area contributed by atoms with Gasteiger partial charge in [-0.3, -0.25) is 4.90 Å². The van der Waals surface area contributed by atoms with Gasteiger partial charge in [-0.25, -0.2) is 4.79 Å². The first-order valence-electron chi connectivity index (χ1n) is 6.67. The summed E-state index contributed by atoms with van der Waals surface area (Å²) in [7, 11) is 0. The molecule has 4 nitrogen and oxygen atoms in total. The van der Waals surface area contributed by atoms with Crippen LogP contribution in [0.2, 0.25) is 0 Å². The van der Waals surface area contributed by atoms with Gasteiger partial charge in [-0.2, -0.15) is 0 Å². The predicted octanol–water partition coefficient (Wildman–Crippen LogP) is 2.56. The van der Waals surface area contributed by atoms with E-state index in [1.54, 1.807) is 13.8 Å². The highest BCUT2D eigenvalue weighted by Gasteiger charge is 2.58. The molecule has 0 aliphatic carbocycles. The number of aliphatic hydroxyl groups is 1. The quantitative estimate of drug-likeness (QED) is 0.908. The number of ether oxygens (including phenoxy) is 1. The third-order valence-electron chi connectivity index (χ3n) is 3.89. The Morgan fingerprint density at radius 1 is 1.26 bits per heavy atom. The molecule has 1 heterocycles. The Bertz CT molecular complexity index is 458. The summed E-state index contributed by atoms with van der Waals surface area (Å²) in [6.07, 6.45) is 0.838. The van der Waals surface area contributed by atoms with Crippen molar-refractivity contribution in [2.45, 2.75) is 44.9 Å². The number of rotatable bonds is 4. The molecule has 4 heteroatoms. The summed E-state index contributed by atoms with van der Waals surface area (Å²) in [6.45, 7) is 5.90. The molecule has 2 rings (SSSR count). The highest BCUT2D eigenvalue weighted by Crippen LogP contribution is 2.39. The second-order valence-electron chi connectivity index (χ2n) is 5.43. The number of carbonyl (C=O) groups excluding carboxylic acids is 1. The highest BCUT2D eigenvalue weighted by molar-refractivity contribution is 5.72. The van der Waals surface area contributed by atoms with E-state index in [1.165, 1.54) is 4.90 Å². The van der Waals surface area contributed by atoms with Gasteiger partial charge in [-0.15, -0.1) is 0 Å². The van der Waals surface area contributed by atoms with Crippen LogP contribution in [0.3, 0.4) is 0 Å². The van der Waals surface area contributed by atoms with Gasteiger partial charge < -0.3 is 9.84 Å². The fourth-order valence-electron chi connectivity index (χ4n) is 2.53. The largest absolute Gasteiger partial charge is 0.438 e. The van der Waals surface area contributed by atoms with Crippen LogP contribution in [0.1, 0.15) is 32.8 Å². The van der Waals surface area contributed by atoms with E-state index in [0.717, 1.165) is 12.0 Å². The lowest BCUT2D eigenvalue weighted by Gasteiger charge is -2.37. The average Bonchev–Trinajstić information content (AvgIpc) is 2.51. The molecule has 1 aromatic rings. The minimum absolute atomic E-state index is 0.440. The molecule has 0 aromatic heterocycles. The van der Waals surface area contributed by atoms with E-state index in [0.29, 0.717) is 13.0 Å². The minimum atomic E-state index is -1.30. The Balaban J connectivity index is 2.26. The topological polar surface area (TPSA) is 49.8 Å². The first kappa shape index (κ1) is 13.9. The first-order chi connectivity index (χ1) is 8.90. The summed E-state index contributed by atoms with van der Waals surface area (Å²) >= 11 is 0. The van der Waals surface area contributed by atoms with Gasteiger partial charge in [0.25, 0.3) is 0 Å². The number of benzene rings is 1. The lowest BCUT2D eigenvalue weighted by atomic mass is 9.86. The first-order valence-corrected chi connectivity index (χ1v) is 6.67. The van der Waals surface area contributed by atoms with Crippen LogP contribution >= 0.6 is 0 Å². The fraction of sp³-hybridized carbons (Fsp3) is 0.533. The monoisotopic (exact) mass is 263 g/mol. The molecule has 0 bridgehead atoms. The molecule has 1 N–H and O–H groups in total. The van der Waals surface area contributed by atoms with Crippen molar-refractivity contribution >= 4 is 6.09 Å². The third-order valence-corrected chi connectivity index (χ3v) is 3.89. The van der Waals surface area contributed by atoms with E-state index >= 15 is 0 Å². The van der Waals surface area contributed by atoms with Crippen LogP contribution in [0.15, 0.2) is 30.3 Å². The van der Waals surface area contributed by atoms with Crippen molar-refractivity contribution < 1.29 is 14.6 Å². The molecule has 19 heavy (non-hydrogen) atoms. The molecule has 2 unspecified atom stereocenters. The molecule has 2 atom stereocenters. The van der Waals surface area contributed by atoms with E-state index in [4.69, 9.17) is 4.74 Å². The molecule has 0 radical (unpaired) electrons. The standard InChI is InChI=1S/C15H21NO3/c1-4-10-16-13(17)19-14(2,15(16,3)18)11-12-8-6-5-7-9-12/h5-9,18H,4,10-11H2,1-3H3. The zero-order valence-electron chi connectivity index (χ0n) is 11.7. The number of carbonyl (C=O) groups is 1. The zero-order chi connectivity index (χ0) is 14.1. The average molecular weight is 263 g/mol. The molecule has 1 aromatic carbocycles. The van der Waals surface area contributed by atoms with Gasteiger partial charge in [0.2, 0.25) is 0 Å². The van der Waals surface area contributed by atoms with Crippen molar-refractivity contribution in [2.24, 2.45) is 0 Å². The van der Waals surface area contributed by atoms with Gasteiger partial charge >= 0.3 is 6.09 Å². The maximum atomic E-state index is 11.9. The summed E-state index contributed by atoms with van der Waals surface area (Å²) in [5.41, 5.74) is -1.19. The van der Waals surface area contributed by atoms with Crippen molar-refractivity contribution in [3.63, 3.8) is 0 Å². The maximum Gasteiger partial charge on any atom is 0.412 e. The normalized spacial score (nSPS) is 30.5. The van der Waals surface area contributed by atoms with Crippen molar-refractivity contribution in [3.05, 3.63) is 35.9 Å². The van der Waals surface area contributed by atoms with E-state index in [9.17, 15) is 9.90 Å². The van der Waals surface area contributed by atoms with Gasteiger partial charge in [0.1, 0.15) is 0 Å². The highest BCUT2D eigenvalue weighted by atomic mass is 16.6. The molecule has 1 amide bonds. The van der Waals surface area contributed by atoms with E-state index in [-0.39, 0.29) is 0 Å². The van der Waals surface area contributed by atoms with Gasteiger partial charge in [0.05, 0.1) is 0 Å². The smallest absolute Gasteiger partial charge is 0.412 e. The summed E-state index contributed by atoms with van der Waals surface area (Å²) < 4.78 is 5.47. The molecule has 1 aliphatic heterocycles. The zero-order valence-corrected chi connectivity index (χ0v) is 11.7. The fourth-order valence-corrected chi connectivity index (χ4v) is 2.53. The van der Waals surface area contributed by atoms with E-state index < -0.39 is 17.4 Å². The summed E-state index contributed by atoms with van der Waals surface area (Å²) in [5, 5.41) is 10.7. The summed E-state index contributed by atoms with van der Waals surface area (Å²) in [4.78, 5) is 13.3. The number of hydrogen-bond donors (Lipinski definition) is 1. The maximum absolute atomic E-state index is 11.9. The van der Waals surface area contributed by atoms with Crippen LogP contribution in [0.25, 0.3) is 0 Å².